The minimum absolute atomic E-state index is 0.859. The fourth-order valence-corrected chi connectivity index (χ4v) is 2.74. The quantitative estimate of drug-likeness (QED) is 0.267. The summed E-state index contributed by atoms with van der Waals surface area (Å²) >= 11 is 0. The molecule has 0 aromatic rings. The van der Waals surface area contributed by atoms with Gasteiger partial charge >= 0.3 is 20.7 Å². The van der Waals surface area contributed by atoms with Crippen LogP contribution in [0.2, 0.25) is 0 Å². The largest absolute Gasteiger partial charge is 0.397 e. The molecule has 0 unspecified atom stereocenters. The van der Waals surface area contributed by atoms with Gasteiger partial charge in [0.25, 0.3) is 0 Å². The standard InChI is InChI=1S/C6H13NO11S2/c8-1-2-4(9)5(18-20(14,15)16)3(6(10)17-2)7-19(11,12)13/h2-10H,1H2,(H,11,12,13)(H,14,15,16)/t2-,3-,4-,5-,6-/m1/s1. The van der Waals surface area contributed by atoms with Gasteiger partial charge in [-0.05, 0) is 0 Å². The van der Waals surface area contributed by atoms with Crippen molar-refractivity contribution in [2.75, 3.05) is 6.61 Å². The van der Waals surface area contributed by atoms with Crippen molar-refractivity contribution >= 4 is 20.7 Å². The van der Waals surface area contributed by atoms with E-state index in [4.69, 9.17) is 14.2 Å². The Hall–Kier alpha value is -0.420. The smallest absolute Gasteiger partial charge is 0.394 e. The zero-order valence-corrected chi connectivity index (χ0v) is 11.2. The zero-order chi connectivity index (χ0) is 15.7. The van der Waals surface area contributed by atoms with Crippen molar-refractivity contribution in [1.82, 2.24) is 4.72 Å². The van der Waals surface area contributed by atoms with Crippen molar-refractivity contribution in [2.24, 2.45) is 0 Å². The number of ether oxygens (including phenoxy) is 1. The van der Waals surface area contributed by atoms with Crippen LogP contribution in [0.25, 0.3) is 0 Å². The average Bonchev–Trinajstić information content (AvgIpc) is 2.25. The predicted octanol–water partition coefficient (Wildman–Crippen LogP) is -3.99. The maximum Gasteiger partial charge on any atom is 0.397 e. The first-order valence-corrected chi connectivity index (χ1v) is 7.78. The molecule has 1 rings (SSSR count). The fraction of sp³-hybridized carbons (Fsp3) is 1.00. The molecule has 12 nitrogen and oxygen atoms in total. The first kappa shape index (κ1) is 17.6. The molecular weight excluding hydrogens is 326 g/mol. The van der Waals surface area contributed by atoms with Crippen molar-refractivity contribution < 1.29 is 50.2 Å². The van der Waals surface area contributed by atoms with E-state index in [1.807, 2.05) is 0 Å². The first-order chi connectivity index (χ1) is 8.94. The van der Waals surface area contributed by atoms with Crippen molar-refractivity contribution in [3.05, 3.63) is 0 Å². The van der Waals surface area contributed by atoms with Crippen LogP contribution in [0.3, 0.4) is 0 Å². The van der Waals surface area contributed by atoms with Crippen molar-refractivity contribution in [3.63, 3.8) is 0 Å². The van der Waals surface area contributed by atoms with E-state index in [2.05, 4.69) is 8.92 Å². The summed E-state index contributed by atoms with van der Waals surface area (Å²) in [5.41, 5.74) is 0. The van der Waals surface area contributed by atoms with Gasteiger partial charge in [-0.3, -0.25) is 9.11 Å². The Kier molecular flexibility index (Phi) is 5.41. The highest BCUT2D eigenvalue weighted by Crippen LogP contribution is 2.24. The molecule has 0 spiro atoms. The van der Waals surface area contributed by atoms with E-state index in [1.165, 1.54) is 4.72 Å². The fourth-order valence-electron chi connectivity index (χ4n) is 1.64. The first-order valence-electron chi connectivity index (χ1n) is 4.97. The number of nitrogens with one attached hydrogen (secondary N) is 1. The van der Waals surface area contributed by atoms with Crippen molar-refractivity contribution in [1.29, 1.82) is 0 Å². The van der Waals surface area contributed by atoms with Crippen LogP contribution in [0.5, 0.6) is 0 Å². The van der Waals surface area contributed by atoms with Crippen molar-refractivity contribution in [3.8, 4) is 0 Å². The predicted molar refractivity (Wildman–Crippen MR) is 58.9 cm³/mol. The van der Waals surface area contributed by atoms with Crippen LogP contribution >= 0.6 is 0 Å². The molecule has 6 N–H and O–H groups in total. The molecule has 0 aromatic carbocycles. The SMILES string of the molecule is O=S(=O)(O)N[C@@H]1[C@@H](OS(=O)(=O)O)[C@H](O)[C@@H](CO)O[C@H]1O. The van der Waals surface area contributed by atoms with Gasteiger partial charge in [-0.25, -0.2) is 4.18 Å². The van der Waals surface area contributed by atoms with Crippen LogP contribution in [0.15, 0.2) is 0 Å². The van der Waals surface area contributed by atoms with Crippen molar-refractivity contribution in [2.45, 2.75) is 30.6 Å². The highest BCUT2D eigenvalue weighted by atomic mass is 32.3. The van der Waals surface area contributed by atoms with Crippen LogP contribution in [-0.4, -0.2) is 78.5 Å². The zero-order valence-electron chi connectivity index (χ0n) is 9.60. The van der Waals surface area contributed by atoms with Crippen LogP contribution in [0, 0.1) is 0 Å². The van der Waals surface area contributed by atoms with Gasteiger partial charge in [0, 0.05) is 0 Å². The van der Waals surface area contributed by atoms with E-state index in [-0.39, 0.29) is 0 Å². The minimum Gasteiger partial charge on any atom is -0.394 e. The van der Waals surface area contributed by atoms with Crippen LogP contribution in [-0.2, 0) is 29.6 Å². The van der Waals surface area contributed by atoms with E-state index in [0.29, 0.717) is 0 Å². The normalized spacial score (nSPS) is 36.0. The lowest BCUT2D eigenvalue weighted by Gasteiger charge is -2.40. The third-order valence-corrected chi connectivity index (χ3v) is 3.43. The van der Waals surface area contributed by atoms with E-state index < -0.39 is 58.0 Å². The lowest BCUT2D eigenvalue weighted by Crippen LogP contribution is -2.65. The number of aliphatic hydroxyl groups is 3. The molecule has 120 valence electrons. The summed E-state index contributed by atoms with van der Waals surface area (Å²) in [6.45, 7) is -0.859. The van der Waals surface area contributed by atoms with Gasteiger partial charge in [-0.1, -0.05) is 0 Å². The number of aliphatic hydroxyl groups excluding tert-OH is 3. The Morgan fingerprint density at radius 1 is 1.15 bits per heavy atom. The van der Waals surface area contributed by atoms with E-state index in [1.54, 1.807) is 0 Å². The van der Waals surface area contributed by atoms with Crippen LogP contribution < -0.4 is 4.72 Å². The molecule has 14 heteroatoms. The molecule has 0 aliphatic carbocycles. The molecule has 0 saturated carbocycles. The Bertz CT molecular complexity index is 529. The summed E-state index contributed by atoms with van der Waals surface area (Å²) in [6.07, 6.45) is -7.54. The van der Waals surface area contributed by atoms with Gasteiger partial charge in [0.15, 0.2) is 6.29 Å². The summed E-state index contributed by atoms with van der Waals surface area (Å²) in [5.74, 6) is 0. The highest BCUT2D eigenvalue weighted by Gasteiger charge is 2.48. The topological polar surface area (TPSA) is 200 Å². The van der Waals surface area contributed by atoms with Gasteiger partial charge in [0.2, 0.25) is 0 Å². The Morgan fingerprint density at radius 2 is 1.70 bits per heavy atom. The second kappa shape index (κ2) is 6.14. The van der Waals surface area contributed by atoms with Gasteiger partial charge in [-0.2, -0.15) is 21.6 Å². The maximum atomic E-state index is 10.7. The summed E-state index contributed by atoms with van der Waals surface area (Å²) < 4.78 is 69.9. The number of hydrogen-bond donors (Lipinski definition) is 6. The summed E-state index contributed by atoms with van der Waals surface area (Å²) in [5, 5.41) is 28.0. The lowest BCUT2D eigenvalue weighted by atomic mass is 9.98. The molecular formula is C6H13NO11S2. The Labute approximate surface area is 113 Å². The summed E-state index contributed by atoms with van der Waals surface area (Å²) in [6, 6.07) is -1.95. The molecule has 0 aromatic heterocycles. The highest BCUT2D eigenvalue weighted by molar-refractivity contribution is 7.83. The molecule has 1 saturated heterocycles. The molecule has 20 heavy (non-hydrogen) atoms. The van der Waals surface area contributed by atoms with Gasteiger partial charge in [0.1, 0.15) is 24.4 Å². The Balaban J connectivity index is 3.09. The molecule has 0 amide bonds. The molecule has 0 radical (unpaired) electrons. The monoisotopic (exact) mass is 339 g/mol. The Morgan fingerprint density at radius 3 is 2.10 bits per heavy atom. The summed E-state index contributed by atoms with van der Waals surface area (Å²) in [7, 11) is -10.0. The number of hydrogen-bond acceptors (Lipinski definition) is 9. The van der Waals surface area contributed by atoms with Crippen LogP contribution in [0.4, 0.5) is 0 Å². The molecule has 5 atom stereocenters. The molecule has 0 bridgehead atoms. The number of rotatable bonds is 5. The van der Waals surface area contributed by atoms with Gasteiger partial charge < -0.3 is 20.1 Å². The lowest BCUT2D eigenvalue weighted by molar-refractivity contribution is -0.247. The average molecular weight is 339 g/mol. The third-order valence-electron chi connectivity index (χ3n) is 2.39. The maximum absolute atomic E-state index is 10.7. The van der Waals surface area contributed by atoms with E-state index >= 15 is 0 Å². The van der Waals surface area contributed by atoms with E-state index in [0.717, 1.165) is 0 Å². The van der Waals surface area contributed by atoms with Gasteiger partial charge in [0.05, 0.1) is 6.61 Å². The third kappa shape index (κ3) is 4.85. The minimum atomic E-state index is -5.12. The van der Waals surface area contributed by atoms with Gasteiger partial charge in [-0.15, -0.1) is 0 Å². The summed E-state index contributed by atoms with van der Waals surface area (Å²) in [4.78, 5) is 0. The molecule has 1 heterocycles. The second-order valence-corrected chi connectivity index (χ2v) is 6.08. The molecule has 1 aliphatic heterocycles. The molecule has 1 aliphatic rings. The molecule has 1 fully saturated rings. The van der Waals surface area contributed by atoms with E-state index in [9.17, 15) is 27.0 Å². The van der Waals surface area contributed by atoms with Crippen LogP contribution in [0.1, 0.15) is 0 Å². The second-order valence-electron chi connectivity index (χ2n) is 3.85.